The molecule has 1 amide bonds. The van der Waals surface area contributed by atoms with Crippen LogP contribution in [0.2, 0.25) is 0 Å². The Balaban J connectivity index is 1.75. The minimum Gasteiger partial charge on any atom is -0.457 e. The lowest BCUT2D eigenvalue weighted by atomic mass is 10.2. The molecule has 7 heteroatoms. The van der Waals surface area contributed by atoms with Crippen LogP contribution in [0.1, 0.15) is 13.3 Å². The standard InChI is InChI=1S/C23H24N2O4S/c1-3-22(25(30(2,27)28)19-10-6-4-7-11-19)23(26)24-18-14-16-21(17-15-18)29-20-12-8-5-9-13-20/h4-17,22H,3H2,1-2H3,(H,24,26). The first kappa shape index (κ1) is 21.4. The minimum absolute atomic E-state index is 0.322. The first-order valence-electron chi connectivity index (χ1n) is 9.57. The molecule has 0 bridgehead atoms. The fraction of sp³-hybridized carbons (Fsp3) is 0.174. The van der Waals surface area contributed by atoms with Crippen molar-refractivity contribution in [3.8, 4) is 11.5 Å². The zero-order valence-electron chi connectivity index (χ0n) is 16.9. The first-order chi connectivity index (χ1) is 14.4. The van der Waals surface area contributed by atoms with E-state index in [0.717, 1.165) is 10.6 Å². The second-order valence-corrected chi connectivity index (χ2v) is 8.61. The largest absolute Gasteiger partial charge is 0.457 e. The highest BCUT2D eigenvalue weighted by Gasteiger charge is 2.31. The number of sulfonamides is 1. The molecule has 0 saturated heterocycles. The van der Waals surface area contributed by atoms with E-state index in [4.69, 9.17) is 4.74 Å². The van der Waals surface area contributed by atoms with Gasteiger partial charge in [0.2, 0.25) is 15.9 Å². The van der Waals surface area contributed by atoms with Gasteiger partial charge in [-0.2, -0.15) is 0 Å². The smallest absolute Gasteiger partial charge is 0.248 e. The summed E-state index contributed by atoms with van der Waals surface area (Å²) in [5, 5.41) is 2.81. The SMILES string of the molecule is CCC(C(=O)Nc1ccc(Oc2ccccc2)cc1)N(c1ccccc1)S(C)(=O)=O. The number of para-hydroxylation sites is 2. The number of hydrogen-bond acceptors (Lipinski definition) is 4. The molecular formula is C23H24N2O4S. The van der Waals surface area contributed by atoms with Crippen LogP contribution >= 0.6 is 0 Å². The van der Waals surface area contributed by atoms with Gasteiger partial charge < -0.3 is 10.1 Å². The summed E-state index contributed by atoms with van der Waals surface area (Å²) in [5.74, 6) is 0.948. The Morgan fingerprint density at radius 1 is 0.900 bits per heavy atom. The minimum atomic E-state index is -3.66. The van der Waals surface area contributed by atoms with Gasteiger partial charge in [0.05, 0.1) is 11.9 Å². The molecule has 0 spiro atoms. The molecule has 0 aliphatic rings. The molecule has 1 atom stereocenters. The predicted molar refractivity (Wildman–Crippen MR) is 119 cm³/mol. The number of benzene rings is 3. The van der Waals surface area contributed by atoms with Crippen molar-refractivity contribution in [2.24, 2.45) is 0 Å². The van der Waals surface area contributed by atoms with Crippen LogP contribution in [0.5, 0.6) is 11.5 Å². The van der Waals surface area contributed by atoms with E-state index in [-0.39, 0.29) is 0 Å². The Hall–Kier alpha value is -3.32. The second kappa shape index (κ2) is 9.45. The number of nitrogens with zero attached hydrogens (tertiary/aromatic N) is 1. The summed E-state index contributed by atoms with van der Waals surface area (Å²) in [6.45, 7) is 1.78. The summed E-state index contributed by atoms with van der Waals surface area (Å²) >= 11 is 0. The van der Waals surface area contributed by atoms with Gasteiger partial charge in [-0.25, -0.2) is 8.42 Å². The summed E-state index contributed by atoms with van der Waals surface area (Å²) in [5.41, 5.74) is 1.01. The fourth-order valence-electron chi connectivity index (χ4n) is 3.09. The maximum absolute atomic E-state index is 12.9. The van der Waals surface area contributed by atoms with Gasteiger partial charge in [-0.1, -0.05) is 43.3 Å². The van der Waals surface area contributed by atoms with Crippen molar-refractivity contribution in [3.05, 3.63) is 84.9 Å². The molecule has 0 aromatic heterocycles. The summed E-state index contributed by atoms with van der Waals surface area (Å²) in [6, 6.07) is 24.1. The van der Waals surface area contributed by atoms with Gasteiger partial charge in [-0.3, -0.25) is 9.10 Å². The summed E-state index contributed by atoms with van der Waals surface area (Å²) in [4.78, 5) is 12.9. The Morgan fingerprint density at radius 3 is 1.97 bits per heavy atom. The van der Waals surface area contributed by atoms with E-state index >= 15 is 0 Å². The number of ether oxygens (including phenoxy) is 1. The summed E-state index contributed by atoms with van der Waals surface area (Å²) < 4.78 is 31.8. The molecule has 0 heterocycles. The zero-order valence-corrected chi connectivity index (χ0v) is 17.7. The summed E-state index contributed by atoms with van der Waals surface area (Å²) in [7, 11) is -3.66. The molecule has 3 rings (SSSR count). The highest BCUT2D eigenvalue weighted by molar-refractivity contribution is 7.92. The van der Waals surface area contributed by atoms with Crippen LogP contribution in [0, 0.1) is 0 Å². The zero-order chi connectivity index (χ0) is 21.6. The number of nitrogens with one attached hydrogen (secondary N) is 1. The van der Waals surface area contributed by atoms with Crippen molar-refractivity contribution in [1.82, 2.24) is 0 Å². The predicted octanol–water partition coefficient (Wildman–Crippen LogP) is 4.66. The van der Waals surface area contributed by atoms with Gasteiger partial charge in [0.1, 0.15) is 17.5 Å². The van der Waals surface area contributed by atoms with Gasteiger partial charge in [-0.15, -0.1) is 0 Å². The fourth-order valence-corrected chi connectivity index (χ4v) is 4.30. The molecule has 0 radical (unpaired) electrons. The van der Waals surface area contributed by atoms with Crippen LogP contribution in [0.15, 0.2) is 84.9 Å². The van der Waals surface area contributed by atoms with Gasteiger partial charge in [0.25, 0.3) is 0 Å². The number of rotatable bonds is 8. The molecule has 1 unspecified atom stereocenters. The van der Waals surface area contributed by atoms with E-state index < -0.39 is 22.0 Å². The Bertz CT molecular complexity index is 1070. The van der Waals surface area contributed by atoms with Crippen LogP contribution in [0.4, 0.5) is 11.4 Å². The molecule has 0 aliphatic heterocycles. The lowest BCUT2D eigenvalue weighted by Gasteiger charge is -2.30. The lowest BCUT2D eigenvalue weighted by molar-refractivity contribution is -0.117. The van der Waals surface area contributed by atoms with Crippen LogP contribution in [0.3, 0.4) is 0 Å². The molecule has 6 nitrogen and oxygen atoms in total. The van der Waals surface area contributed by atoms with E-state index in [0.29, 0.717) is 29.3 Å². The number of amides is 1. The number of carbonyl (C=O) groups is 1. The van der Waals surface area contributed by atoms with Gasteiger partial charge in [0, 0.05) is 5.69 Å². The third kappa shape index (κ3) is 5.39. The molecule has 156 valence electrons. The number of hydrogen-bond donors (Lipinski definition) is 1. The molecule has 0 saturated carbocycles. The maximum Gasteiger partial charge on any atom is 0.248 e. The lowest BCUT2D eigenvalue weighted by Crippen LogP contribution is -2.46. The molecule has 3 aromatic rings. The van der Waals surface area contributed by atoms with Crippen LogP contribution in [-0.4, -0.2) is 26.6 Å². The van der Waals surface area contributed by atoms with Gasteiger partial charge in [-0.05, 0) is 55.0 Å². The summed E-state index contributed by atoms with van der Waals surface area (Å²) in [6.07, 6.45) is 1.43. The van der Waals surface area contributed by atoms with E-state index in [1.54, 1.807) is 61.5 Å². The molecular weight excluding hydrogens is 400 g/mol. The average Bonchev–Trinajstić information content (AvgIpc) is 2.73. The number of carbonyl (C=O) groups excluding carboxylic acids is 1. The highest BCUT2D eigenvalue weighted by Crippen LogP contribution is 2.25. The maximum atomic E-state index is 12.9. The number of anilines is 2. The van der Waals surface area contributed by atoms with Crippen LogP contribution < -0.4 is 14.4 Å². The van der Waals surface area contributed by atoms with Crippen molar-refractivity contribution in [2.75, 3.05) is 15.9 Å². The Kier molecular flexibility index (Phi) is 6.74. The van der Waals surface area contributed by atoms with Gasteiger partial charge in [0.15, 0.2) is 0 Å². The second-order valence-electron chi connectivity index (χ2n) is 6.75. The van der Waals surface area contributed by atoms with Crippen molar-refractivity contribution in [1.29, 1.82) is 0 Å². The third-order valence-corrected chi connectivity index (χ3v) is 5.62. The van der Waals surface area contributed by atoms with E-state index in [9.17, 15) is 13.2 Å². The Labute approximate surface area is 177 Å². The monoisotopic (exact) mass is 424 g/mol. The normalized spacial score (nSPS) is 12.1. The van der Waals surface area contributed by atoms with Gasteiger partial charge >= 0.3 is 0 Å². The highest BCUT2D eigenvalue weighted by atomic mass is 32.2. The third-order valence-electron chi connectivity index (χ3n) is 4.44. The molecule has 0 fully saturated rings. The molecule has 0 aliphatic carbocycles. The topological polar surface area (TPSA) is 75.7 Å². The van der Waals surface area contributed by atoms with E-state index in [2.05, 4.69) is 5.32 Å². The van der Waals surface area contributed by atoms with Crippen LogP contribution in [0.25, 0.3) is 0 Å². The quantitative estimate of drug-likeness (QED) is 0.571. The molecule has 30 heavy (non-hydrogen) atoms. The molecule has 1 N–H and O–H groups in total. The molecule has 3 aromatic carbocycles. The Morgan fingerprint density at radius 2 is 1.43 bits per heavy atom. The van der Waals surface area contributed by atoms with Crippen molar-refractivity contribution >= 4 is 27.3 Å². The van der Waals surface area contributed by atoms with Crippen molar-refractivity contribution in [2.45, 2.75) is 19.4 Å². The van der Waals surface area contributed by atoms with E-state index in [1.165, 1.54) is 0 Å². The van der Waals surface area contributed by atoms with Crippen molar-refractivity contribution in [3.63, 3.8) is 0 Å². The van der Waals surface area contributed by atoms with Crippen molar-refractivity contribution < 1.29 is 17.9 Å². The van der Waals surface area contributed by atoms with Crippen LogP contribution in [-0.2, 0) is 14.8 Å². The van der Waals surface area contributed by atoms with E-state index in [1.807, 2.05) is 30.3 Å². The first-order valence-corrected chi connectivity index (χ1v) is 11.4. The average molecular weight is 425 g/mol.